The first-order valence-corrected chi connectivity index (χ1v) is 5.93. The van der Waals surface area contributed by atoms with E-state index in [9.17, 15) is 14.4 Å². The van der Waals surface area contributed by atoms with Crippen LogP contribution in [0, 0.1) is 11.3 Å². The number of hydrogen-bond donors (Lipinski definition) is 2. The molecule has 5 heteroatoms. The average Bonchev–Trinajstić information content (AvgIpc) is 2.30. The molecule has 0 spiro atoms. The Labute approximate surface area is 99.6 Å². The molecule has 0 saturated carbocycles. The van der Waals surface area contributed by atoms with E-state index in [1.807, 2.05) is 13.0 Å². The fourth-order valence-corrected chi connectivity index (χ4v) is 2.79. The fraction of sp³-hybridized carbons (Fsp3) is 0.583. The van der Waals surface area contributed by atoms with Gasteiger partial charge in [0.2, 0.25) is 11.8 Å². The summed E-state index contributed by atoms with van der Waals surface area (Å²) >= 11 is 0. The second-order valence-electron chi connectivity index (χ2n) is 4.54. The van der Waals surface area contributed by atoms with Crippen LogP contribution in [0.5, 0.6) is 0 Å². The summed E-state index contributed by atoms with van der Waals surface area (Å²) in [6.45, 7) is 1.81. The molecule has 2 N–H and O–H groups in total. The molecular weight excluding hydrogens is 220 g/mol. The van der Waals surface area contributed by atoms with Gasteiger partial charge in [-0.2, -0.15) is 0 Å². The Hall–Kier alpha value is -1.65. The number of imide groups is 2. The second kappa shape index (κ2) is 4.31. The van der Waals surface area contributed by atoms with Gasteiger partial charge < -0.3 is 0 Å². The molecule has 1 heterocycles. The third-order valence-electron chi connectivity index (χ3n) is 3.79. The Kier molecular flexibility index (Phi) is 3.00. The lowest BCUT2D eigenvalue weighted by Crippen LogP contribution is -2.64. The number of barbiturate groups is 1. The van der Waals surface area contributed by atoms with E-state index in [1.54, 1.807) is 0 Å². The minimum Gasteiger partial charge on any atom is -0.277 e. The van der Waals surface area contributed by atoms with Crippen LogP contribution < -0.4 is 10.6 Å². The van der Waals surface area contributed by atoms with Crippen LogP contribution in [0.2, 0.25) is 0 Å². The highest BCUT2D eigenvalue weighted by molar-refractivity contribution is 6.19. The van der Waals surface area contributed by atoms with Crippen LogP contribution in [0.1, 0.15) is 32.6 Å². The summed E-state index contributed by atoms with van der Waals surface area (Å²) in [6.07, 6.45) is 6.87. The Morgan fingerprint density at radius 3 is 2.35 bits per heavy atom. The maximum Gasteiger partial charge on any atom is 0.328 e. The van der Waals surface area contributed by atoms with Crippen molar-refractivity contribution < 1.29 is 14.4 Å². The minimum atomic E-state index is -1.08. The van der Waals surface area contributed by atoms with E-state index >= 15 is 0 Å². The summed E-state index contributed by atoms with van der Waals surface area (Å²) in [6, 6.07) is -0.713. The molecule has 0 aromatic rings. The first kappa shape index (κ1) is 11.8. The van der Waals surface area contributed by atoms with Crippen molar-refractivity contribution in [1.29, 1.82) is 0 Å². The molecule has 92 valence electrons. The zero-order valence-electron chi connectivity index (χ0n) is 9.79. The molecule has 17 heavy (non-hydrogen) atoms. The Morgan fingerprint density at radius 2 is 1.88 bits per heavy atom. The predicted octanol–water partition coefficient (Wildman–Crippen LogP) is 1.11. The maximum absolute atomic E-state index is 12.1. The molecule has 1 fully saturated rings. The van der Waals surface area contributed by atoms with E-state index in [1.165, 1.54) is 0 Å². The summed E-state index contributed by atoms with van der Waals surface area (Å²) in [5, 5.41) is 4.43. The topological polar surface area (TPSA) is 75.3 Å². The normalized spacial score (nSPS) is 27.6. The predicted molar refractivity (Wildman–Crippen MR) is 60.9 cm³/mol. The van der Waals surface area contributed by atoms with Crippen molar-refractivity contribution >= 4 is 17.8 Å². The van der Waals surface area contributed by atoms with E-state index in [4.69, 9.17) is 0 Å². The lowest BCUT2D eigenvalue weighted by molar-refractivity contribution is -0.149. The summed E-state index contributed by atoms with van der Waals surface area (Å²) < 4.78 is 0. The van der Waals surface area contributed by atoms with E-state index in [2.05, 4.69) is 16.7 Å². The molecule has 2 aliphatic rings. The summed E-state index contributed by atoms with van der Waals surface area (Å²) in [5.74, 6) is -0.922. The summed E-state index contributed by atoms with van der Waals surface area (Å²) in [5.41, 5.74) is -1.08. The van der Waals surface area contributed by atoms with Crippen molar-refractivity contribution in [2.24, 2.45) is 11.3 Å². The molecule has 5 nitrogen and oxygen atoms in total. The van der Waals surface area contributed by atoms with Crippen LogP contribution in [-0.4, -0.2) is 17.8 Å². The molecule has 2 rings (SSSR count). The third-order valence-corrected chi connectivity index (χ3v) is 3.79. The van der Waals surface area contributed by atoms with Gasteiger partial charge in [-0.25, -0.2) is 4.79 Å². The van der Waals surface area contributed by atoms with Crippen molar-refractivity contribution in [1.82, 2.24) is 10.6 Å². The molecule has 0 bridgehead atoms. The number of allylic oxidation sites excluding steroid dienone is 2. The van der Waals surface area contributed by atoms with Gasteiger partial charge in [0, 0.05) is 0 Å². The standard InChI is InChI=1S/C12H16N2O3/c1-2-12(8-6-4-3-5-7-8)9(15)13-11(17)14-10(12)16/h3-4,8H,2,5-7H2,1H3,(H2,13,14,15,16,17). The van der Waals surface area contributed by atoms with Crippen molar-refractivity contribution in [3.8, 4) is 0 Å². The number of carbonyl (C=O) groups is 3. The molecule has 4 amide bonds. The Bertz CT molecular complexity index is 381. The lowest BCUT2D eigenvalue weighted by atomic mass is 9.66. The van der Waals surface area contributed by atoms with Gasteiger partial charge in [0.15, 0.2) is 0 Å². The van der Waals surface area contributed by atoms with Crippen LogP contribution >= 0.6 is 0 Å². The average molecular weight is 236 g/mol. The number of urea groups is 1. The number of rotatable bonds is 2. The van der Waals surface area contributed by atoms with Crippen LogP contribution in [0.15, 0.2) is 12.2 Å². The SMILES string of the molecule is CCC1(C2CC=CCC2)C(=O)NC(=O)NC1=O. The zero-order valence-corrected chi connectivity index (χ0v) is 9.79. The highest BCUT2D eigenvalue weighted by Gasteiger charge is 2.53. The molecule has 1 aliphatic carbocycles. The first-order chi connectivity index (χ1) is 8.11. The third kappa shape index (κ3) is 1.75. The van der Waals surface area contributed by atoms with E-state index in [0.29, 0.717) is 12.8 Å². The van der Waals surface area contributed by atoms with Crippen LogP contribution in [0.4, 0.5) is 4.79 Å². The molecule has 0 aromatic heterocycles. The molecule has 1 unspecified atom stereocenters. The Balaban J connectivity index is 2.34. The molecule has 0 aromatic carbocycles. The van der Waals surface area contributed by atoms with Crippen molar-refractivity contribution in [3.63, 3.8) is 0 Å². The lowest BCUT2D eigenvalue weighted by Gasteiger charge is -2.40. The largest absolute Gasteiger partial charge is 0.328 e. The monoisotopic (exact) mass is 236 g/mol. The molecule has 0 radical (unpaired) electrons. The molecular formula is C12H16N2O3. The van der Waals surface area contributed by atoms with Crippen LogP contribution in [0.25, 0.3) is 0 Å². The summed E-state index contributed by atoms with van der Waals surface area (Å²) in [7, 11) is 0. The van der Waals surface area contributed by atoms with Gasteiger partial charge in [0.05, 0.1) is 0 Å². The van der Waals surface area contributed by atoms with Gasteiger partial charge in [0.1, 0.15) is 5.41 Å². The smallest absolute Gasteiger partial charge is 0.277 e. The first-order valence-electron chi connectivity index (χ1n) is 5.93. The highest BCUT2D eigenvalue weighted by Crippen LogP contribution is 2.40. The molecule has 1 saturated heterocycles. The number of carbonyl (C=O) groups excluding carboxylic acids is 3. The van der Waals surface area contributed by atoms with E-state index in [-0.39, 0.29) is 5.92 Å². The minimum absolute atomic E-state index is 0.0226. The fourth-order valence-electron chi connectivity index (χ4n) is 2.79. The van der Waals surface area contributed by atoms with Crippen LogP contribution in [-0.2, 0) is 9.59 Å². The zero-order chi connectivity index (χ0) is 12.5. The van der Waals surface area contributed by atoms with E-state index < -0.39 is 23.3 Å². The Morgan fingerprint density at radius 1 is 1.24 bits per heavy atom. The number of amides is 4. The summed E-state index contributed by atoms with van der Waals surface area (Å²) in [4.78, 5) is 35.2. The van der Waals surface area contributed by atoms with Gasteiger partial charge in [-0.3, -0.25) is 20.2 Å². The number of nitrogens with one attached hydrogen (secondary N) is 2. The van der Waals surface area contributed by atoms with Crippen LogP contribution in [0.3, 0.4) is 0 Å². The quantitative estimate of drug-likeness (QED) is 0.557. The van der Waals surface area contributed by atoms with Gasteiger partial charge in [-0.05, 0) is 31.6 Å². The molecule has 1 atom stereocenters. The molecule has 1 aliphatic heterocycles. The maximum atomic E-state index is 12.1. The second-order valence-corrected chi connectivity index (χ2v) is 4.54. The van der Waals surface area contributed by atoms with Gasteiger partial charge >= 0.3 is 6.03 Å². The van der Waals surface area contributed by atoms with Crippen molar-refractivity contribution in [2.75, 3.05) is 0 Å². The number of hydrogen-bond acceptors (Lipinski definition) is 3. The van der Waals surface area contributed by atoms with Crippen molar-refractivity contribution in [3.05, 3.63) is 12.2 Å². The van der Waals surface area contributed by atoms with E-state index in [0.717, 1.165) is 12.8 Å². The van der Waals surface area contributed by atoms with Gasteiger partial charge in [0.25, 0.3) is 0 Å². The highest BCUT2D eigenvalue weighted by atomic mass is 16.2. The van der Waals surface area contributed by atoms with Gasteiger partial charge in [-0.15, -0.1) is 0 Å². The van der Waals surface area contributed by atoms with Crippen molar-refractivity contribution in [2.45, 2.75) is 32.6 Å². The van der Waals surface area contributed by atoms with Gasteiger partial charge in [-0.1, -0.05) is 19.1 Å².